The second-order valence-corrected chi connectivity index (χ2v) is 8.44. The number of hydrogen-bond donors (Lipinski definition) is 0. The third-order valence-electron chi connectivity index (χ3n) is 4.46. The van der Waals surface area contributed by atoms with Crippen molar-refractivity contribution >= 4 is 21.8 Å². The lowest BCUT2D eigenvalue weighted by Crippen LogP contribution is -2.28. The standard InChI is InChI=1S/C21H22N2O6S/c1-5-21(2,3)20(24)28-17-10-12-18(13-11-17)30(25,26)29-23-19(14-22)15-6-8-16(27-4)9-7-15/h6-13H,5H2,1-4H3/b23-19+. The Labute approximate surface area is 175 Å². The Morgan fingerprint density at radius 3 is 2.13 bits per heavy atom. The van der Waals surface area contributed by atoms with Crippen molar-refractivity contribution < 1.29 is 27.0 Å². The first-order valence-electron chi connectivity index (χ1n) is 9.01. The number of oxime groups is 1. The van der Waals surface area contributed by atoms with E-state index in [2.05, 4.69) is 9.44 Å². The van der Waals surface area contributed by atoms with E-state index in [1.807, 2.05) is 6.92 Å². The van der Waals surface area contributed by atoms with Crippen molar-refractivity contribution in [3.8, 4) is 17.6 Å². The van der Waals surface area contributed by atoms with Gasteiger partial charge in [0.05, 0.1) is 12.5 Å². The fraction of sp³-hybridized carbons (Fsp3) is 0.286. The van der Waals surface area contributed by atoms with Gasteiger partial charge in [-0.1, -0.05) is 12.1 Å². The zero-order valence-corrected chi connectivity index (χ0v) is 17.9. The smallest absolute Gasteiger partial charge is 0.358 e. The van der Waals surface area contributed by atoms with Crippen molar-refractivity contribution in [2.75, 3.05) is 7.11 Å². The molecule has 2 aromatic rings. The van der Waals surface area contributed by atoms with E-state index in [4.69, 9.17) is 9.47 Å². The third-order valence-corrected chi connectivity index (χ3v) is 5.58. The SMILES string of the molecule is CCC(C)(C)C(=O)Oc1ccc(S(=O)(=O)O/N=C(\C#N)c2ccc(OC)cc2)cc1. The Morgan fingerprint density at radius 1 is 1.07 bits per heavy atom. The molecule has 0 atom stereocenters. The molecule has 0 fully saturated rings. The molecule has 0 spiro atoms. The zero-order valence-electron chi connectivity index (χ0n) is 17.1. The first kappa shape index (κ1) is 22.9. The minimum atomic E-state index is -4.27. The van der Waals surface area contributed by atoms with Crippen LogP contribution in [0.3, 0.4) is 0 Å². The Balaban J connectivity index is 2.15. The van der Waals surface area contributed by atoms with Crippen molar-refractivity contribution in [1.29, 1.82) is 5.26 Å². The molecular formula is C21H22N2O6S. The number of carbonyl (C=O) groups excluding carboxylic acids is 1. The van der Waals surface area contributed by atoms with Crippen LogP contribution in [-0.4, -0.2) is 27.2 Å². The predicted octanol–water partition coefficient (Wildman–Crippen LogP) is 3.67. The molecule has 0 aliphatic heterocycles. The van der Waals surface area contributed by atoms with Crippen molar-refractivity contribution in [2.45, 2.75) is 32.1 Å². The normalized spacial score (nSPS) is 12.0. The number of carbonyl (C=O) groups is 1. The Morgan fingerprint density at radius 2 is 1.63 bits per heavy atom. The molecular weight excluding hydrogens is 408 g/mol. The van der Waals surface area contributed by atoms with E-state index in [0.717, 1.165) is 0 Å². The summed E-state index contributed by atoms with van der Waals surface area (Å²) in [4.78, 5) is 11.9. The summed E-state index contributed by atoms with van der Waals surface area (Å²) in [5.74, 6) is 0.368. The molecule has 0 bridgehead atoms. The van der Waals surface area contributed by atoms with Crippen molar-refractivity contribution in [1.82, 2.24) is 0 Å². The van der Waals surface area contributed by atoms with Crippen molar-refractivity contribution in [2.24, 2.45) is 10.6 Å². The second kappa shape index (κ2) is 9.41. The second-order valence-electron chi connectivity index (χ2n) is 6.91. The number of hydrogen-bond acceptors (Lipinski definition) is 8. The van der Waals surface area contributed by atoms with Gasteiger partial charge in [0.2, 0.25) is 0 Å². The molecule has 8 nitrogen and oxygen atoms in total. The van der Waals surface area contributed by atoms with Crippen LogP contribution in [0.5, 0.6) is 11.5 Å². The molecule has 2 rings (SSSR count). The summed E-state index contributed by atoms with van der Waals surface area (Å²) in [6.45, 7) is 5.39. The van der Waals surface area contributed by atoms with Gasteiger partial charge in [0.25, 0.3) is 0 Å². The molecule has 0 saturated carbocycles. The number of rotatable bonds is 8. The Hall–Kier alpha value is -3.38. The van der Waals surface area contributed by atoms with Gasteiger partial charge in [0.1, 0.15) is 22.5 Å². The van der Waals surface area contributed by atoms with E-state index in [9.17, 15) is 18.5 Å². The monoisotopic (exact) mass is 430 g/mol. The van der Waals surface area contributed by atoms with Gasteiger partial charge < -0.3 is 9.47 Å². The van der Waals surface area contributed by atoms with Gasteiger partial charge in [-0.25, -0.2) is 0 Å². The lowest BCUT2D eigenvalue weighted by Gasteiger charge is -2.20. The van der Waals surface area contributed by atoms with Gasteiger partial charge in [-0.2, -0.15) is 13.7 Å². The highest BCUT2D eigenvalue weighted by Gasteiger charge is 2.27. The van der Waals surface area contributed by atoms with E-state index < -0.39 is 21.5 Å². The van der Waals surface area contributed by atoms with Crippen LogP contribution in [0, 0.1) is 16.7 Å². The van der Waals surface area contributed by atoms with Crippen molar-refractivity contribution in [3.05, 3.63) is 54.1 Å². The van der Waals surface area contributed by atoms with Crippen LogP contribution in [0.4, 0.5) is 0 Å². The first-order valence-corrected chi connectivity index (χ1v) is 10.4. The Bertz CT molecular complexity index is 1070. The highest BCUT2D eigenvalue weighted by atomic mass is 32.2. The van der Waals surface area contributed by atoms with Crippen LogP contribution >= 0.6 is 0 Å². The molecule has 0 amide bonds. The summed E-state index contributed by atoms with van der Waals surface area (Å²) in [6.07, 6.45) is 0.597. The summed E-state index contributed by atoms with van der Waals surface area (Å²) < 4.78 is 39.7. The van der Waals surface area contributed by atoms with Crippen LogP contribution in [0.1, 0.15) is 32.8 Å². The summed E-state index contributed by atoms with van der Waals surface area (Å²) in [6, 6.07) is 13.3. The molecule has 0 radical (unpaired) electrons. The van der Waals surface area contributed by atoms with Gasteiger partial charge in [-0.05, 0) is 68.8 Å². The summed E-state index contributed by atoms with van der Waals surface area (Å²) in [5.41, 5.74) is -0.500. The fourth-order valence-electron chi connectivity index (χ4n) is 2.08. The van der Waals surface area contributed by atoms with Crippen LogP contribution in [0.15, 0.2) is 58.6 Å². The van der Waals surface area contributed by atoms with Gasteiger partial charge in [0, 0.05) is 5.56 Å². The maximum Gasteiger partial charge on any atom is 0.358 e. The van der Waals surface area contributed by atoms with Crippen LogP contribution in [0.2, 0.25) is 0 Å². The number of ether oxygens (including phenoxy) is 2. The van der Waals surface area contributed by atoms with Crippen LogP contribution in [0.25, 0.3) is 0 Å². The quantitative estimate of drug-likeness (QED) is 0.271. The average molecular weight is 430 g/mol. The maximum atomic E-state index is 12.4. The summed E-state index contributed by atoms with van der Waals surface area (Å²) in [7, 11) is -2.77. The van der Waals surface area contributed by atoms with E-state index in [1.165, 1.54) is 31.4 Å². The predicted molar refractivity (Wildman–Crippen MR) is 110 cm³/mol. The lowest BCUT2D eigenvalue weighted by atomic mass is 9.91. The zero-order chi connectivity index (χ0) is 22.4. The van der Waals surface area contributed by atoms with Crippen LogP contribution in [-0.2, 0) is 19.2 Å². The Kier molecular flexibility index (Phi) is 7.19. The molecule has 158 valence electrons. The summed E-state index contributed by atoms with van der Waals surface area (Å²) in [5, 5.41) is 12.7. The van der Waals surface area contributed by atoms with Gasteiger partial charge in [-0.15, -0.1) is 0 Å². The van der Waals surface area contributed by atoms with Gasteiger partial charge in [-0.3, -0.25) is 9.08 Å². The molecule has 0 heterocycles. The minimum Gasteiger partial charge on any atom is -0.497 e. The summed E-state index contributed by atoms with van der Waals surface area (Å²) >= 11 is 0. The van der Waals surface area contributed by atoms with E-state index in [0.29, 0.717) is 17.7 Å². The topological polar surface area (TPSA) is 115 Å². The van der Waals surface area contributed by atoms with Crippen LogP contribution < -0.4 is 9.47 Å². The van der Waals surface area contributed by atoms with Gasteiger partial charge in [0.15, 0.2) is 5.71 Å². The molecule has 0 aromatic heterocycles. The van der Waals surface area contributed by atoms with Gasteiger partial charge >= 0.3 is 16.1 Å². The molecule has 0 aliphatic carbocycles. The van der Waals surface area contributed by atoms with E-state index in [1.54, 1.807) is 44.2 Å². The number of methoxy groups -OCH3 is 1. The molecule has 0 saturated heterocycles. The highest BCUT2D eigenvalue weighted by molar-refractivity contribution is 7.86. The maximum absolute atomic E-state index is 12.4. The molecule has 9 heteroatoms. The fourth-order valence-corrected chi connectivity index (χ4v) is 2.81. The number of esters is 1. The van der Waals surface area contributed by atoms with E-state index >= 15 is 0 Å². The number of nitrogens with zero attached hydrogens (tertiary/aromatic N) is 2. The number of benzene rings is 2. The van der Waals surface area contributed by atoms with Crippen molar-refractivity contribution in [3.63, 3.8) is 0 Å². The van der Waals surface area contributed by atoms with E-state index in [-0.39, 0.29) is 16.4 Å². The molecule has 0 aliphatic rings. The molecule has 0 unspecified atom stereocenters. The lowest BCUT2D eigenvalue weighted by molar-refractivity contribution is -0.144. The molecule has 30 heavy (non-hydrogen) atoms. The molecule has 0 N–H and O–H groups in total. The highest BCUT2D eigenvalue weighted by Crippen LogP contribution is 2.25. The number of nitriles is 1. The minimum absolute atomic E-state index is 0.201. The molecule has 2 aromatic carbocycles. The third kappa shape index (κ3) is 5.58. The largest absolute Gasteiger partial charge is 0.497 e. The average Bonchev–Trinajstić information content (AvgIpc) is 2.74. The first-order chi connectivity index (χ1) is 14.1.